The van der Waals surface area contributed by atoms with Gasteiger partial charge in [0.1, 0.15) is 0 Å². The Morgan fingerprint density at radius 2 is 2.07 bits per heavy atom. The Hall–Kier alpha value is -1.90. The highest BCUT2D eigenvalue weighted by molar-refractivity contribution is 5.98. The van der Waals surface area contributed by atoms with E-state index in [2.05, 4.69) is 15.4 Å². The lowest BCUT2D eigenvalue weighted by atomic mass is 9.96. The largest absolute Gasteiger partial charge is 0.355 e. The number of nitrogens with zero attached hydrogens (tertiary/aromatic N) is 4. The number of rotatable bonds is 5. The molecule has 0 saturated carbocycles. The number of carbonyl (C=O) groups excluding carboxylic acids is 2. The molecular formula is C19H30Cl2N6O2. The van der Waals surface area contributed by atoms with E-state index in [1.807, 2.05) is 31.5 Å². The number of pyridine rings is 1. The minimum Gasteiger partial charge on any atom is -0.355 e. The molecule has 0 aliphatic carbocycles. The third-order valence-corrected chi connectivity index (χ3v) is 5.00. The van der Waals surface area contributed by atoms with Crippen molar-refractivity contribution < 1.29 is 9.59 Å². The lowest BCUT2D eigenvalue weighted by Crippen LogP contribution is -2.46. The number of nitrogens with two attached hydrogens (primary N) is 1. The number of nitrogens with one attached hydrogen (secondary N) is 1. The second-order valence-electron chi connectivity index (χ2n) is 7.39. The van der Waals surface area contributed by atoms with E-state index in [1.54, 1.807) is 11.1 Å². The first-order valence-corrected chi connectivity index (χ1v) is 9.54. The van der Waals surface area contributed by atoms with Crippen LogP contribution in [0.15, 0.2) is 12.3 Å². The van der Waals surface area contributed by atoms with E-state index < -0.39 is 0 Å². The monoisotopic (exact) mass is 444 g/mol. The van der Waals surface area contributed by atoms with Crippen LogP contribution in [0.2, 0.25) is 0 Å². The van der Waals surface area contributed by atoms with Crippen LogP contribution in [0, 0.1) is 12.8 Å². The molecular weight excluding hydrogens is 415 g/mol. The summed E-state index contributed by atoms with van der Waals surface area (Å²) < 4.78 is 1.86. The zero-order chi connectivity index (χ0) is 19.6. The zero-order valence-electron chi connectivity index (χ0n) is 17.1. The van der Waals surface area contributed by atoms with E-state index in [0.29, 0.717) is 37.4 Å². The highest BCUT2D eigenvalue weighted by atomic mass is 35.5. The molecule has 1 fully saturated rings. The maximum atomic E-state index is 13.1. The van der Waals surface area contributed by atoms with Gasteiger partial charge >= 0.3 is 0 Å². The molecule has 2 aromatic heterocycles. The van der Waals surface area contributed by atoms with Crippen molar-refractivity contribution in [1.82, 2.24) is 25.0 Å². The number of hydrogen-bond acceptors (Lipinski definition) is 5. The number of hydrogen-bond donors (Lipinski definition) is 2. The Balaban J connectivity index is 0.00000210. The number of fused-ring (bicyclic) bond motifs is 1. The summed E-state index contributed by atoms with van der Waals surface area (Å²) in [5, 5.41) is 8.06. The summed E-state index contributed by atoms with van der Waals surface area (Å²) in [4.78, 5) is 31.7. The van der Waals surface area contributed by atoms with Gasteiger partial charge in [0.2, 0.25) is 5.91 Å². The molecule has 0 radical (unpaired) electrons. The molecule has 1 unspecified atom stereocenters. The van der Waals surface area contributed by atoms with Gasteiger partial charge < -0.3 is 16.0 Å². The molecule has 3 rings (SSSR count). The molecule has 2 amide bonds. The molecule has 0 spiro atoms. The van der Waals surface area contributed by atoms with Gasteiger partial charge in [-0.2, -0.15) is 5.10 Å². The summed E-state index contributed by atoms with van der Waals surface area (Å²) in [6.07, 6.45) is 3.35. The molecule has 8 nitrogen and oxygen atoms in total. The zero-order valence-corrected chi connectivity index (χ0v) is 18.7. The normalized spacial score (nSPS) is 16.3. The molecule has 1 saturated heterocycles. The number of halogens is 2. The molecule has 2 aromatic rings. The maximum Gasteiger partial charge on any atom is 0.255 e. The quantitative estimate of drug-likeness (QED) is 0.733. The molecule has 0 bridgehead atoms. The predicted octanol–water partition coefficient (Wildman–Crippen LogP) is 2.09. The van der Waals surface area contributed by atoms with Crippen LogP contribution in [0.25, 0.3) is 11.0 Å². The fourth-order valence-electron chi connectivity index (χ4n) is 3.55. The Labute approximate surface area is 183 Å². The van der Waals surface area contributed by atoms with Crippen molar-refractivity contribution in [1.29, 1.82) is 0 Å². The molecule has 1 aliphatic rings. The lowest BCUT2D eigenvalue weighted by Gasteiger charge is -2.32. The van der Waals surface area contributed by atoms with Crippen LogP contribution in [-0.2, 0) is 4.79 Å². The second-order valence-corrected chi connectivity index (χ2v) is 7.39. The van der Waals surface area contributed by atoms with Crippen molar-refractivity contribution in [3.63, 3.8) is 0 Å². The molecule has 10 heteroatoms. The van der Waals surface area contributed by atoms with Crippen LogP contribution in [0.5, 0.6) is 0 Å². The van der Waals surface area contributed by atoms with Crippen LogP contribution in [0.1, 0.15) is 48.8 Å². The van der Waals surface area contributed by atoms with Crippen molar-refractivity contribution in [3.8, 4) is 0 Å². The van der Waals surface area contributed by atoms with Gasteiger partial charge in [0, 0.05) is 37.6 Å². The highest BCUT2D eigenvalue weighted by Gasteiger charge is 2.29. The average Bonchev–Trinajstić information content (AvgIpc) is 3.07. The minimum atomic E-state index is -0.185. The van der Waals surface area contributed by atoms with E-state index in [0.717, 1.165) is 23.9 Å². The molecule has 29 heavy (non-hydrogen) atoms. The molecule has 3 N–H and O–H groups in total. The van der Waals surface area contributed by atoms with Crippen molar-refractivity contribution in [2.45, 2.75) is 39.7 Å². The second kappa shape index (κ2) is 10.8. The SMILES string of the molecule is Cc1nc2c(cnn2C(C)C)cc1C(=O)N1CCCC(C(=O)NCCN)C1.Cl.Cl. The van der Waals surface area contributed by atoms with Crippen LogP contribution in [0.3, 0.4) is 0 Å². The maximum absolute atomic E-state index is 13.1. The highest BCUT2D eigenvalue weighted by Crippen LogP contribution is 2.23. The van der Waals surface area contributed by atoms with Gasteiger partial charge in [0.25, 0.3) is 5.91 Å². The van der Waals surface area contributed by atoms with Crippen LogP contribution in [0.4, 0.5) is 0 Å². The molecule has 162 valence electrons. The Morgan fingerprint density at radius 1 is 1.34 bits per heavy atom. The van der Waals surface area contributed by atoms with Crippen molar-refractivity contribution in [2.75, 3.05) is 26.2 Å². The van der Waals surface area contributed by atoms with Crippen molar-refractivity contribution >= 4 is 47.7 Å². The van der Waals surface area contributed by atoms with Gasteiger partial charge in [0.15, 0.2) is 5.65 Å². The Bertz CT molecular complexity index is 855. The Kier molecular flexibility index (Phi) is 9.32. The first-order chi connectivity index (χ1) is 12.9. The standard InChI is InChI=1S/C19H28N6O2.2ClH/c1-12(2)25-17-15(10-22-25)9-16(13(3)23-17)19(27)24-8-4-5-14(11-24)18(26)21-7-6-20;;/h9-10,12,14H,4-8,11,20H2,1-3H3,(H,21,26);2*1H. The molecule has 1 atom stereocenters. The van der Waals surface area contributed by atoms with Gasteiger partial charge in [-0.15, -0.1) is 24.8 Å². The van der Waals surface area contributed by atoms with Gasteiger partial charge in [-0.25, -0.2) is 9.67 Å². The van der Waals surface area contributed by atoms with E-state index >= 15 is 0 Å². The molecule has 3 heterocycles. The summed E-state index contributed by atoms with van der Waals surface area (Å²) in [5.41, 5.74) is 7.50. The van der Waals surface area contributed by atoms with Crippen LogP contribution in [-0.4, -0.2) is 57.7 Å². The number of aromatic nitrogens is 3. The third kappa shape index (κ3) is 5.38. The predicted molar refractivity (Wildman–Crippen MR) is 118 cm³/mol. The van der Waals surface area contributed by atoms with E-state index in [4.69, 9.17) is 5.73 Å². The van der Waals surface area contributed by atoms with Gasteiger partial charge in [-0.3, -0.25) is 9.59 Å². The van der Waals surface area contributed by atoms with Gasteiger partial charge in [-0.05, 0) is 39.7 Å². The lowest BCUT2D eigenvalue weighted by molar-refractivity contribution is -0.126. The van der Waals surface area contributed by atoms with Crippen molar-refractivity contribution in [2.24, 2.45) is 11.7 Å². The summed E-state index contributed by atoms with van der Waals surface area (Å²) in [6.45, 7) is 7.90. The van der Waals surface area contributed by atoms with Crippen molar-refractivity contribution in [3.05, 3.63) is 23.5 Å². The Morgan fingerprint density at radius 3 is 2.72 bits per heavy atom. The molecule has 0 aromatic carbocycles. The number of amides is 2. The van der Waals surface area contributed by atoms with Gasteiger partial charge in [-0.1, -0.05) is 0 Å². The minimum absolute atomic E-state index is 0. The smallest absolute Gasteiger partial charge is 0.255 e. The van der Waals surface area contributed by atoms with Crippen LogP contribution >= 0.6 is 24.8 Å². The topological polar surface area (TPSA) is 106 Å². The van der Waals surface area contributed by atoms with Crippen LogP contribution < -0.4 is 11.1 Å². The fraction of sp³-hybridized carbons (Fsp3) is 0.579. The first-order valence-electron chi connectivity index (χ1n) is 9.54. The first kappa shape index (κ1) is 25.1. The number of aryl methyl sites for hydroxylation is 1. The summed E-state index contributed by atoms with van der Waals surface area (Å²) in [7, 11) is 0. The summed E-state index contributed by atoms with van der Waals surface area (Å²) in [6, 6.07) is 2.06. The average molecular weight is 445 g/mol. The summed E-state index contributed by atoms with van der Waals surface area (Å²) in [5.74, 6) is -0.285. The third-order valence-electron chi connectivity index (χ3n) is 5.00. The summed E-state index contributed by atoms with van der Waals surface area (Å²) >= 11 is 0. The van der Waals surface area contributed by atoms with E-state index in [-0.39, 0.29) is 48.6 Å². The number of likely N-dealkylation sites (tertiary alicyclic amines) is 1. The number of carbonyl (C=O) groups is 2. The van der Waals surface area contributed by atoms with E-state index in [9.17, 15) is 9.59 Å². The van der Waals surface area contributed by atoms with E-state index in [1.165, 1.54) is 0 Å². The fourth-order valence-corrected chi connectivity index (χ4v) is 3.55. The molecule has 1 aliphatic heterocycles. The number of piperidine rings is 1. The van der Waals surface area contributed by atoms with Gasteiger partial charge in [0.05, 0.1) is 23.4 Å².